The standard InChI is InChI=1S/C14H14ClNO3/c15-11-2-1-3-12-10(11)6-7-16(12)13(17)8-4-5-9(8)14(18)19/h1-3,8-9H,4-7H2,(H,18,19). The minimum absolute atomic E-state index is 0.0698. The number of rotatable bonds is 2. The van der Waals surface area contributed by atoms with Crippen LogP contribution in [-0.2, 0) is 16.0 Å². The molecule has 1 amide bonds. The summed E-state index contributed by atoms with van der Waals surface area (Å²) in [6.45, 7) is 0.598. The van der Waals surface area contributed by atoms with Crippen molar-refractivity contribution in [2.75, 3.05) is 11.4 Å². The van der Waals surface area contributed by atoms with Gasteiger partial charge in [0.05, 0.1) is 11.8 Å². The maximum Gasteiger partial charge on any atom is 0.307 e. The van der Waals surface area contributed by atoms with E-state index in [-0.39, 0.29) is 11.8 Å². The van der Waals surface area contributed by atoms with Crippen molar-refractivity contribution < 1.29 is 14.7 Å². The minimum Gasteiger partial charge on any atom is -0.481 e. The highest BCUT2D eigenvalue weighted by atomic mass is 35.5. The van der Waals surface area contributed by atoms with Gasteiger partial charge in [-0.2, -0.15) is 0 Å². The number of aliphatic carboxylic acids is 1. The van der Waals surface area contributed by atoms with Crippen LogP contribution in [0.1, 0.15) is 18.4 Å². The summed E-state index contributed by atoms with van der Waals surface area (Å²) in [5.74, 6) is -1.83. The third-order valence-electron chi connectivity index (χ3n) is 4.15. The number of nitrogens with zero attached hydrogens (tertiary/aromatic N) is 1. The van der Waals surface area contributed by atoms with Gasteiger partial charge in [0.25, 0.3) is 0 Å². The number of carbonyl (C=O) groups excluding carboxylic acids is 1. The van der Waals surface area contributed by atoms with E-state index < -0.39 is 11.9 Å². The Morgan fingerprint density at radius 3 is 2.63 bits per heavy atom. The average molecular weight is 280 g/mol. The summed E-state index contributed by atoms with van der Waals surface area (Å²) in [7, 11) is 0. The molecule has 4 nitrogen and oxygen atoms in total. The van der Waals surface area contributed by atoms with Crippen molar-refractivity contribution in [3.05, 3.63) is 28.8 Å². The van der Waals surface area contributed by atoms with Gasteiger partial charge in [-0.3, -0.25) is 9.59 Å². The average Bonchev–Trinajstić information content (AvgIpc) is 2.71. The number of benzene rings is 1. The molecule has 1 aliphatic heterocycles. The number of fused-ring (bicyclic) bond motifs is 1. The van der Waals surface area contributed by atoms with Gasteiger partial charge in [0.2, 0.25) is 5.91 Å². The van der Waals surface area contributed by atoms with Crippen LogP contribution in [-0.4, -0.2) is 23.5 Å². The Balaban J connectivity index is 1.84. The van der Waals surface area contributed by atoms with Crippen LogP contribution in [0, 0.1) is 11.8 Å². The predicted molar refractivity (Wildman–Crippen MR) is 71.4 cm³/mol. The van der Waals surface area contributed by atoms with E-state index in [1.165, 1.54) is 0 Å². The van der Waals surface area contributed by atoms with Crippen LogP contribution in [0.5, 0.6) is 0 Å². The molecule has 1 heterocycles. The molecule has 3 rings (SSSR count). The summed E-state index contributed by atoms with van der Waals surface area (Å²) in [6, 6.07) is 5.51. The minimum atomic E-state index is -0.866. The summed E-state index contributed by atoms with van der Waals surface area (Å²) >= 11 is 6.11. The first-order valence-corrected chi connectivity index (χ1v) is 6.79. The fourth-order valence-corrected chi connectivity index (χ4v) is 3.18. The topological polar surface area (TPSA) is 57.6 Å². The number of anilines is 1. The van der Waals surface area contributed by atoms with Gasteiger partial charge in [0.15, 0.2) is 0 Å². The van der Waals surface area contributed by atoms with Crippen molar-refractivity contribution in [2.24, 2.45) is 11.8 Å². The first-order valence-electron chi connectivity index (χ1n) is 6.41. The van der Waals surface area contributed by atoms with Crippen LogP contribution in [0.4, 0.5) is 5.69 Å². The smallest absolute Gasteiger partial charge is 0.307 e. The van der Waals surface area contributed by atoms with Gasteiger partial charge >= 0.3 is 5.97 Å². The number of carboxylic acid groups (broad SMARTS) is 1. The van der Waals surface area contributed by atoms with E-state index >= 15 is 0 Å². The lowest BCUT2D eigenvalue weighted by Gasteiger charge is -2.35. The van der Waals surface area contributed by atoms with Crippen LogP contribution in [0.25, 0.3) is 0 Å². The highest BCUT2D eigenvalue weighted by molar-refractivity contribution is 6.32. The molecule has 19 heavy (non-hydrogen) atoms. The van der Waals surface area contributed by atoms with E-state index in [9.17, 15) is 9.59 Å². The molecule has 0 spiro atoms. The van der Waals surface area contributed by atoms with E-state index in [1.54, 1.807) is 4.90 Å². The van der Waals surface area contributed by atoms with Crippen molar-refractivity contribution >= 4 is 29.2 Å². The lowest BCUT2D eigenvalue weighted by Crippen LogP contribution is -2.45. The molecule has 1 fully saturated rings. The molecule has 0 radical (unpaired) electrons. The Bertz CT molecular complexity index is 558. The van der Waals surface area contributed by atoms with Crippen molar-refractivity contribution in [1.82, 2.24) is 0 Å². The highest BCUT2D eigenvalue weighted by Crippen LogP contribution is 2.40. The van der Waals surface area contributed by atoms with Crippen molar-refractivity contribution in [3.8, 4) is 0 Å². The zero-order chi connectivity index (χ0) is 13.6. The first kappa shape index (κ1) is 12.5. The predicted octanol–water partition coefficient (Wildman–Crippen LogP) is 2.34. The zero-order valence-electron chi connectivity index (χ0n) is 10.3. The molecule has 1 aromatic rings. The van der Waals surface area contributed by atoms with Crippen LogP contribution in [0.3, 0.4) is 0 Å². The van der Waals surface area contributed by atoms with Gasteiger partial charge in [-0.1, -0.05) is 17.7 Å². The molecule has 1 N–H and O–H groups in total. The summed E-state index contributed by atoms with van der Waals surface area (Å²) in [5.41, 5.74) is 1.83. The second kappa shape index (κ2) is 4.53. The Labute approximate surface area is 116 Å². The summed E-state index contributed by atoms with van der Waals surface area (Å²) < 4.78 is 0. The number of halogens is 1. The second-order valence-corrected chi connectivity index (χ2v) is 5.51. The van der Waals surface area contributed by atoms with Crippen LogP contribution in [0.2, 0.25) is 5.02 Å². The van der Waals surface area contributed by atoms with E-state index in [4.69, 9.17) is 16.7 Å². The molecular formula is C14H14ClNO3. The monoisotopic (exact) mass is 279 g/mol. The number of hydrogen-bond acceptors (Lipinski definition) is 2. The quantitative estimate of drug-likeness (QED) is 0.904. The van der Waals surface area contributed by atoms with E-state index in [1.807, 2.05) is 18.2 Å². The van der Waals surface area contributed by atoms with Gasteiger partial charge in [-0.05, 0) is 37.0 Å². The van der Waals surface area contributed by atoms with Gasteiger partial charge in [-0.25, -0.2) is 0 Å². The van der Waals surface area contributed by atoms with Gasteiger partial charge in [-0.15, -0.1) is 0 Å². The van der Waals surface area contributed by atoms with Crippen molar-refractivity contribution in [3.63, 3.8) is 0 Å². The summed E-state index contributed by atoms with van der Waals surface area (Å²) in [5, 5.41) is 9.72. The summed E-state index contributed by atoms with van der Waals surface area (Å²) in [4.78, 5) is 25.2. The molecule has 1 saturated carbocycles. The maximum absolute atomic E-state index is 12.4. The van der Waals surface area contributed by atoms with Crippen molar-refractivity contribution in [1.29, 1.82) is 0 Å². The van der Waals surface area contributed by atoms with Gasteiger partial charge < -0.3 is 10.0 Å². The Kier molecular flexibility index (Phi) is 2.97. The lowest BCUT2D eigenvalue weighted by atomic mass is 9.73. The molecule has 0 saturated heterocycles. The van der Waals surface area contributed by atoms with Gasteiger partial charge in [0, 0.05) is 17.3 Å². The molecule has 100 valence electrons. The fourth-order valence-electron chi connectivity index (χ4n) is 2.91. The molecule has 2 atom stereocenters. The number of carbonyl (C=O) groups is 2. The molecule has 5 heteroatoms. The highest BCUT2D eigenvalue weighted by Gasteiger charge is 2.44. The first-order chi connectivity index (χ1) is 9.09. The van der Waals surface area contributed by atoms with Crippen molar-refractivity contribution in [2.45, 2.75) is 19.3 Å². The molecule has 1 aliphatic carbocycles. The Hall–Kier alpha value is -1.55. The third-order valence-corrected chi connectivity index (χ3v) is 4.50. The van der Waals surface area contributed by atoms with E-state index in [2.05, 4.69) is 0 Å². The largest absolute Gasteiger partial charge is 0.481 e. The van der Waals surface area contributed by atoms with Crippen LogP contribution < -0.4 is 4.90 Å². The van der Waals surface area contributed by atoms with E-state index in [0.29, 0.717) is 24.4 Å². The lowest BCUT2D eigenvalue weighted by molar-refractivity contribution is -0.151. The molecular weight excluding hydrogens is 266 g/mol. The molecule has 2 aliphatic rings. The van der Waals surface area contributed by atoms with Crippen LogP contribution >= 0.6 is 11.6 Å². The molecule has 2 unspecified atom stereocenters. The molecule has 0 aromatic heterocycles. The van der Waals surface area contributed by atoms with Crippen LogP contribution in [0.15, 0.2) is 18.2 Å². The Morgan fingerprint density at radius 1 is 1.26 bits per heavy atom. The zero-order valence-corrected chi connectivity index (χ0v) is 11.1. The molecule has 0 bridgehead atoms. The fraction of sp³-hybridized carbons (Fsp3) is 0.429. The number of amides is 1. The third kappa shape index (κ3) is 1.91. The number of carboxylic acids is 1. The van der Waals surface area contributed by atoms with E-state index in [0.717, 1.165) is 17.7 Å². The Morgan fingerprint density at radius 2 is 2.00 bits per heavy atom. The SMILES string of the molecule is O=C(O)C1CCC1C(=O)N1CCc2c(Cl)cccc21. The summed E-state index contributed by atoms with van der Waals surface area (Å²) in [6.07, 6.45) is 2.01. The molecule has 1 aromatic carbocycles. The van der Waals surface area contributed by atoms with Gasteiger partial charge in [0.1, 0.15) is 0 Å². The number of hydrogen-bond donors (Lipinski definition) is 1. The maximum atomic E-state index is 12.4. The second-order valence-electron chi connectivity index (χ2n) is 5.11. The normalized spacial score (nSPS) is 24.8.